The van der Waals surface area contributed by atoms with Crippen LogP contribution in [0.5, 0.6) is 5.75 Å². The normalized spacial score (nSPS) is 15.1. The number of carbonyl (C=O) groups is 1. The van der Waals surface area contributed by atoms with Gasteiger partial charge in [-0.25, -0.2) is 0 Å². The predicted molar refractivity (Wildman–Crippen MR) is 86.5 cm³/mol. The predicted octanol–water partition coefficient (Wildman–Crippen LogP) is 3.04. The van der Waals surface area contributed by atoms with Gasteiger partial charge in [0.15, 0.2) is 0 Å². The molecule has 0 heterocycles. The topological polar surface area (TPSA) is 50.4 Å². The van der Waals surface area contributed by atoms with Gasteiger partial charge in [-0.15, -0.1) is 0 Å². The van der Waals surface area contributed by atoms with Gasteiger partial charge in [-0.3, -0.25) is 10.1 Å². The summed E-state index contributed by atoms with van der Waals surface area (Å²) in [6, 6.07) is 7.88. The van der Waals surface area contributed by atoms with Gasteiger partial charge in [0.05, 0.1) is 13.2 Å². The minimum atomic E-state index is -0.246. The third-order valence-corrected chi connectivity index (χ3v) is 3.61. The fourth-order valence-corrected chi connectivity index (χ4v) is 2.44. The van der Waals surface area contributed by atoms with Gasteiger partial charge in [-0.1, -0.05) is 31.5 Å². The molecule has 118 valence electrons. The van der Waals surface area contributed by atoms with E-state index in [2.05, 4.69) is 17.6 Å². The maximum Gasteiger partial charge on any atom is 0.237 e. The van der Waals surface area contributed by atoms with Gasteiger partial charge in [0.2, 0.25) is 5.91 Å². The van der Waals surface area contributed by atoms with E-state index in [1.54, 1.807) is 7.11 Å². The van der Waals surface area contributed by atoms with Crippen molar-refractivity contribution < 1.29 is 9.53 Å². The second-order valence-electron chi connectivity index (χ2n) is 5.55. The molecule has 0 bridgehead atoms. The van der Waals surface area contributed by atoms with Gasteiger partial charge < -0.3 is 10.1 Å². The summed E-state index contributed by atoms with van der Waals surface area (Å²) in [7, 11) is 1.66. The van der Waals surface area contributed by atoms with E-state index < -0.39 is 0 Å². The van der Waals surface area contributed by atoms with Crippen LogP contribution in [0.25, 0.3) is 0 Å². The summed E-state index contributed by atoms with van der Waals surface area (Å²) in [5.41, 5.74) is 1.06. The van der Waals surface area contributed by atoms with Crippen LogP contribution in [0.2, 0.25) is 0 Å². The summed E-state index contributed by atoms with van der Waals surface area (Å²) in [6.45, 7) is 8.09. The lowest BCUT2D eigenvalue weighted by molar-refractivity contribution is -0.123. The Hall–Kier alpha value is -1.55. The number of amides is 1. The lowest BCUT2D eigenvalue weighted by Gasteiger charge is -2.23. The highest BCUT2D eigenvalue weighted by molar-refractivity contribution is 5.81. The Morgan fingerprint density at radius 2 is 1.90 bits per heavy atom. The second-order valence-corrected chi connectivity index (χ2v) is 5.55. The molecule has 2 N–H and O–H groups in total. The zero-order chi connectivity index (χ0) is 15.8. The fourth-order valence-electron chi connectivity index (χ4n) is 2.44. The van der Waals surface area contributed by atoms with Crippen molar-refractivity contribution in [1.29, 1.82) is 0 Å². The summed E-state index contributed by atoms with van der Waals surface area (Å²) in [4.78, 5) is 12.1. The zero-order valence-corrected chi connectivity index (χ0v) is 13.8. The highest BCUT2D eigenvalue weighted by atomic mass is 16.5. The molecule has 0 aliphatic heterocycles. The standard InChI is InChI=1S/C17H28N2O2/c1-6-9-12(2)18-17(20)14(4)19-13(3)15-10-7-8-11-16(15)21-5/h7-8,10-14,19H,6,9H2,1-5H3,(H,18,20)/t12?,13-,14?/m0/s1. The van der Waals surface area contributed by atoms with Crippen LogP contribution in [0.4, 0.5) is 0 Å². The first-order chi connectivity index (χ1) is 9.99. The number of nitrogens with one attached hydrogen (secondary N) is 2. The number of para-hydroxylation sites is 1. The van der Waals surface area contributed by atoms with E-state index in [1.807, 2.05) is 45.0 Å². The van der Waals surface area contributed by atoms with E-state index in [-0.39, 0.29) is 24.0 Å². The molecule has 0 radical (unpaired) electrons. The first kappa shape index (κ1) is 17.5. The smallest absolute Gasteiger partial charge is 0.237 e. The van der Waals surface area contributed by atoms with Crippen LogP contribution in [-0.2, 0) is 4.79 Å². The van der Waals surface area contributed by atoms with Gasteiger partial charge in [0.25, 0.3) is 0 Å². The highest BCUT2D eigenvalue weighted by Crippen LogP contribution is 2.24. The average molecular weight is 292 g/mol. The van der Waals surface area contributed by atoms with E-state index in [4.69, 9.17) is 4.74 Å². The maximum atomic E-state index is 12.1. The molecule has 1 amide bonds. The molecule has 0 saturated carbocycles. The van der Waals surface area contributed by atoms with Gasteiger partial charge >= 0.3 is 0 Å². The van der Waals surface area contributed by atoms with Crippen LogP contribution >= 0.6 is 0 Å². The van der Waals surface area contributed by atoms with Crippen LogP contribution in [-0.4, -0.2) is 25.1 Å². The van der Waals surface area contributed by atoms with Gasteiger partial charge in [0, 0.05) is 17.6 Å². The Morgan fingerprint density at radius 3 is 2.52 bits per heavy atom. The minimum Gasteiger partial charge on any atom is -0.496 e. The van der Waals surface area contributed by atoms with E-state index in [0.29, 0.717) is 0 Å². The second kappa shape index (κ2) is 8.67. The van der Waals surface area contributed by atoms with Crippen molar-refractivity contribution in [2.24, 2.45) is 0 Å². The molecule has 0 aliphatic carbocycles. The van der Waals surface area contributed by atoms with Crippen LogP contribution in [0.15, 0.2) is 24.3 Å². The molecule has 3 atom stereocenters. The molecular weight excluding hydrogens is 264 g/mol. The largest absolute Gasteiger partial charge is 0.496 e. The molecule has 0 aliphatic rings. The van der Waals surface area contributed by atoms with E-state index in [1.165, 1.54) is 0 Å². The summed E-state index contributed by atoms with van der Waals surface area (Å²) in [5, 5.41) is 6.36. The quantitative estimate of drug-likeness (QED) is 0.774. The number of rotatable bonds is 8. The molecule has 4 nitrogen and oxygen atoms in total. The molecule has 4 heteroatoms. The van der Waals surface area contributed by atoms with E-state index in [9.17, 15) is 4.79 Å². The van der Waals surface area contributed by atoms with Crippen LogP contribution in [0.1, 0.15) is 52.1 Å². The van der Waals surface area contributed by atoms with Crippen molar-refractivity contribution in [1.82, 2.24) is 10.6 Å². The van der Waals surface area contributed by atoms with Crippen molar-refractivity contribution in [3.05, 3.63) is 29.8 Å². The molecule has 0 fully saturated rings. The molecule has 21 heavy (non-hydrogen) atoms. The molecular formula is C17H28N2O2. The van der Waals surface area contributed by atoms with Gasteiger partial charge in [-0.05, 0) is 33.3 Å². The highest BCUT2D eigenvalue weighted by Gasteiger charge is 2.19. The Labute approximate surface area is 128 Å². The maximum absolute atomic E-state index is 12.1. The van der Waals surface area contributed by atoms with Crippen molar-refractivity contribution in [2.45, 2.75) is 58.7 Å². The van der Waals surface area contributed by atoms with Crippen molar-refractivity contribution in [2.75, 3.05) is 7.11 Å². The number of benzene rings is 1. The SMILES string of the molecule is CCCC(C)NC(=O)C(C)N[C@@H](C)c1ccccc1OC. The number of ether oxygens (including phenoxy) is 1. The number of hydrogen-bond acceptors (Lipinski definition) is 3. The molecule has 1 aromatic rings. The van der Waals surface area contributed by atoms with Gasteiger partial charge in [-0.2, -0.15) is 0 Å². The van der Waals surface area contributed by atoms with Crippen LogP contribution in [0, 0.1) is 0 Å². The first-order valence-corrected chi connectivity index (χ1v) is 7.68. The number of methoxy groups -OCH3 is 1. The number of carbonyl (C=O) groups excluding carboxylic acids is 1. The van der Waals surface area contributed by atoms with Crippen molar-refractivity contribution in [3.8, 4) is 5.75 Å². The molecule has 2 unspecified atom stereocenters. The first-order valence-electron chi connectivity index (χ1n) is 7.68. The minimum absolute atomic E-state index is 0.0395. The van der Waals surface area contributed by atoms with Crippen molar-refractivity contribution >= 4 is 5.91 Å². The van der Waals surface area contributed by atoms with E-state index in [0.717, 1.165) is 24.2 Å². The fraction of sp³-hybridized carbons (Fsp3) is 0.588. The van der Waals surface area contributed by atoms with Gasteiger partial charge in [0.1, 0.15) is 5.75 Å². The summed E-state index contributed by atoms with van der Waals surface area (Å²) in [6.07, 6.45) is 2.07. The Morgan fingerprint density at radius 1 is 1.24 bits per heavy atom. The molecule has 1 rings (SSSR count). The summed E-state index contributed by atoms with van der Waals surface area (Å²) >= 11 is 0. The lowest BCUT2D eigenvalue weighted by atomic mass is 10.1. The van der Waals surface area contributed by atoms with Crippen LogP contribution < -0.4 is 15.4 Å². The molecule has 1 aromatic carbocycles. The Balaban J connectivity index is 2.61. The Bertz CT molecular complexity index is 448. The average Bonchev–Trinajstić information content (AvgIpc) is 2.47. The zero-order valence-electron chi connectivity index (χ0n) is 13.8. The summed E-state index contributed by atoms with van der Waals surface area (Å²) < 4.78 is 5.36. The Kier molecular flexibility index (Phi) is 7.23. The number of hydrogen-bond donors (Lipinski definition) is 2. The van der Waals surface area contributed by atoms with E-state index >= 15 is 0 Å². The molecule has 0 saturated heterocycles. The molecule has 0 spiro atoms. The molecule has 0 aromatic heterocycles. The third-order valence-electron chi connectivity index (χ3n) is 3.61. The van der Waals surface area contributed by atoms with Crippen molar-refractivity contribution in [3.63, 3.8) is 0 Å². The lowest BCUT2D eigenvalue weighted by Crippen LogP contribution is -2.46. The monoisotopic (exact) mass is 292 g/mol. The summed E-state index contributed by atoms with van der Waals surface area (Å²) in [5.74, 6) is 0.877. The third kappa shape index (κ3) is 5.38. The van der Waals surface area contributed by atoms with Crippen LogP contribution in [0.3, 0.4) is 0 Å².